The highest BCUT2D eigenvalue weighted by Gasteiger charge is 2.09. The van der Waals surface area contributed by atoms with E-state index in [0.717, 1.165) is 17.1 Å². The number of rotatable bonds is 3. The van der Waals surface area contributed by atoms with Crippen LogP contribution < -0.4 is 0 Å². The number of nitrogens with zero attached hydrogens (tertiary/aromatic N) is 2. The first-order valence-electron chi connectivity index (χ1n) is 8.88. The molecule has 3 aromatic carbocycles. The summed E-state index contributed by atoms with van der Waals surface area (Å²) < 4.78 is 3.61. The number of benzene rings is 3. The van der Waals surface area contributed by atoms with Gasteiger partial charge in [-0.05, 0) is 48.9 Å². The second-order valence-corrected chi connectivity index (χ2v) is 7.45. The first-order chi connectivity index (χ1) is 12.8. The molecule has 2 nitrogen and oxygen atoms in total. The lowest BCUT2D eigenvalue weighted by Gasteiger charge is -2.02. The predicted molar refractivity (Wildman–Crippen MR) is 114 cm³/mol. The lowest BCUT2D eigenvalue weighted by molar-refractivity contribution is 0.827. The Morgan fingerprint density at radius 3 is 2.58 bits per heavy atom. The number of hydrogen-bond acceptors (Lipinski definition) is 2. The van der Waals surface area contributed by atoms with Gasteiger partial charge in [-0.2, -0.15) is 0 Å². The zero-order chi connectivity index (χ0) is 17.5. The molecule has 5 aromatic rings. The smallest absolute Gasteiger partial charge is 0.117 e. The van der Waals surface area contributed by atoms with E-state index in [1.54, 1.807) is 11.3 Å². The molecule has 0 saturated carbocycles. The molecule has 2 aromatic heterocycles. The fraction of sp³-hybridized carbons (Fsp3) is 0.0870. The van der Waals surface area contributed by atoms with Crippen molar-refractivity contribution in [2.45, 2.75) is 13.5 Å². The van der Waals surface area contributed by atoms with Crippen molar-refractivity contribution >= 4 is 55.5 Å². The molecule has 0 amide bonds. The zero-order valence-corrected chi connectivity index (χ0v) is 15.3. The molecule has 0 spiro atoms. The van der Waals surface area contributed by atoms with Crippen LogP contribution >= 0.6 is 11.3 Å². The summed E-state index contributed by atoms with van der Waals surface area (Å²) in [5.41, 5.74) is 4.87. The summed E-state index contributed by atoms with van der Waals surface area (Å²) in [5, 5.41) is 3.68. The van der Waals surface area contributed by atoms with Gasteiger partial charge < -0.3 is 4.57 Å². The number of aromatic nitrogens is 2. The summed E-state index contributed by atoms with van der Waals surface area (Å²) in [6.07, 6.45) is 4.28. The van der Waals surface area contributed by atoms with Gasteiger partial charge in [0.05, 0.1) is 10.2 Å². The topological polar surface area (TPSA) is 17.8 Å². The molecule has 0 N–H and O–H groups in total. The summed E-state index contributed by atoms with van der Waals surface area (Å²) in [5.74, 6) is 0. The van der Waals surface area contributed by atoms with Crippen LogP contribution in [0.2, 0.25) is 0 Å². The molecule has 26 heavy (non-hydrogen) atoms. The van der Waals surface area contributed by atoms with E-state index >= 15 is 0 Å². The van der Waals surface area contributed by atoms with Crippen LogP contribution in [-0.4, -0.2) is 9.55 Å². The van der Waals surface area contributed by atoms with Crippen molar-refractivity contribution in [1.29, 1.82) is 0 Å². The number of thiazole rings is 1. The minimum atomic E-state index is 0.977. The summed E-state index contributed by atoms with van der Waals surface area (Å²) in [7, 11) is 0. The number of fused-ring (bicyclic) bond motifs is 4. The molecule has 5 rings (SSSR count). The van der Waals surface area contributed by atoms with E-state index in [1.165, 1.54) is 32.1 Å². The van der Waals surface area contributed by atoms with Crippen LogP contribution in [0.3, 0.4) is 0 Å². The van der Waals surface area contributed by atoms with Crippen molar-refractivity contribution in [2.24, 2.45) is 0 Å². The van der Waals surface area contributed by atoms with E-state index in [1.807, 2.05) is 6.07 Å². The van der Waals surface area contributed by atoms with E-state index in [4.69, 9.17) is 0 Å². The minimum Gasteiger partial charge on any atom is -0.341 e. The summed E-state index contributed by atoms with van der Waals surface area (Å²) >= 11 is 1.73. The van der Waals surface area contributed by atoms with Gasteiger partial charge in [-0.1, -0.05) is 42.5 Å². The van der Waals surface area contributed by atoms with Crippen LogP contribution in [-0.2, 0) is 6.54 Å². The van der Waals surface area contributed by atoms with Crippen LogP contribution in [0.15, 0.2) is 66.7 Å². The maximum absolute atomic E-state index is 4.69. The lowest BCUT2D eigenvalue weighted by atomic mass is 10.1. The molecule has 0 radical (unpaired) electrons. The van der Waals surface area contributed by atoms with E-state index in [0.29, 0.717) is 0 Å². The van der Waals surface area contributed by atoms with Gasteiger partial charge in [0.25, 0.3) is 0 Å². The van der Waals surface area contributed by atoms with Crippen LogP contribution in [0.1, 0.15) is 17.5 Å². The highest BCUT2D eigenvalue weighted by atomic mass is 32.1. The van der Waals surface area contributed by atoms with Crippen molar-refractivity contribution in [3.63, 3.8) is 0 Å². The van der Waals surface area contributed by atoms with Gasteiger partial charge in [0.1, 0.15) is 5.01 Å². The average molecular weight is 354 g/mol. The second-order valence-electron chi connectivity index (χ2n) is 6.39. The van der Waals surface area contributed by atoms with Crippen molar-refractivity contribution in [3.8, 4) is 0 Å². The molecule has 0 unspecified atom stereocenters. The normalized spacial score (nSPS) is 12.0. The minimum absolute atomic E-state index is 0.977. The Bertz CT molecular complexity index is 1240. The molecule has 126 valence electrons. The third kappa shape index (κ3) is 2.44. The monoisotopic (exact) mass is 354 g/mol. The highest BCUT2D eigenvalue weighted by molar-refractivity contribution is 7.19. The Balaban J connectivity index is 1.60. The summed E-state index contributed by atoms with van der Waals surface area (Å²) in [4.78, 5) is 4.69. The van der Waals surface area contributed by atoms with Gasteiger partial charge in [-0.25, -0.2) is 4.98 Å². The number of aryl methyl sites for hydroxylation is 1. The molecule has 2 heterocycles. The van der Waals surface area contributed by atoms with Crippen molar-refractivity contribution in [3.05, 3.63) is 77.3 Å². The van der Waals surface area contributed by atoms with Crippen LogP contribution in [0.25, 0.3) is 44.2 Å². The Hall–Kier alpha value is -2.91. The average Bonchev–Trinajstić information content (AvgIpc) is 3.24. The Morgan fingerprint density at radius 1 is 0.885 bits per heavy atom. The molecular weight excluding hydrogens is 336 g/mol. The maximum Gasteiger partial charge on any atom is 0.117 e. The molecule has 0 aliphatic carbocycles. The van der Waals surface area contributed by atoms with E-state index in [9.17, 15) is 0 Å². The van der Waals surface area contributed by atoms with Crippen molar-refractivity contribution < 1.29 is 0 Å². The Morgan fingerprint density at radius 2 is 1.69 bits per heavy atom. The third-order valence-electron chi connectivity index (χ3n) is 4.84. The first kappa shape index (κ1) is 15.4. The highest BCUT2D eigenvalue weighted by Crippen LogP contribution is 2.30. The van der Waals surface area contributed by atoms with Gasteiger partial charge in [-0.15, -0.1) is 11.3 Å². The van der Waals surface area contributed by atoms with Gasteiger partial charge in [0.15, 0.2) is 0 Å². The number of hydrogen-bond donors (Lipinski definition) is 0. The quantitative estimate of drug-likeness (QED) is 0.357. The Labute approximate surface area is 156 Å². The maximum atomic E-state index is 4.69. The van der Waals surface area contributed by atoms with E-state index in [-0.39, 0.29) is 0 Å². The summed E-state index contributed by atoms with van der Waals surface area (Å²) in [6, 6.07) is 23.6. The van der Waals surface area contributed by atoms with Crippen LogP contribution in [0.5, 0.6) is 0 Å². The first-order valence-corrected chi connectivity index (χ1v) is 9.70. The molecule has 0 aliphatic rings. The Kier molecular flexibility index (Phi) is 3.61. The molecule has 0 bridgehead atoms. The van der Waals surface area contributed by atoms with Gasteiger partial charge in [0, 0.05) is 28.4 Å². The molecule has 0 fully saturated rings. The molecule has 0 aliphatic heterocycles. The van der Waals surface area contributed by atoms with Crippen LogP contribution in [0, 0.1) is 0 Å². The van der Waals surface area contributed by atoms with Gasteiger partial charge in [0.2, 0.25) is 0 Å². The van der Waals surface area contributed by atoms with Gasteiger partial charge >= 0.3 is 0 Å². The number of para-hydroxylation sites is 2. The molecular formula is C23H18N2S. The molecule has 3 heteroatoms. The fourth-order valence-electron chi connectivity index (χ4n) is 3.64. The van der Waals surface area contributed by atoms with Crippen molar-refractivity contribution in [1.82, 2.24) is 9.55 Å². The fourth-order valence-corrected chi connectivity index (χ4v) is 4.51. The van der Waals surface area contributed by atoms with Crippen LogP contribution in [0.4, 0.5) is 0 Å². The third-order valence-corrected chi connectivity index (χ3v) is 5.84. The second kappa shape index (κ2) is 6.11. The molecule has 0 atom stereocenters. The lowest BCUT2D eigenvalue weighted by Crippen LogP contribution is -1.92. The standard InChI is InChI=1S/C23H18N2S/c1-2-25-20-9-5-3-7-17(20)18-15-16(11-13-21(18)25)12-14-23-24-19-8-4-6-10-22(19)26-23/h3-15H,2H2,1H3/b14-12+. The summed E-state index contributed by atoms with van der Waals surface area (Å²) in [6.45, 7) is 3.18. The predicted octanol–water partition coefficient (Wildman–Crippen LogP) is 6.59. The zero-order valence-electron chi connectivity index (χ0n) is 14.5. The molecule has 0 saturated heterocycles. The van der Waals surface area contributed by atoms with E-state index in [2.05, 4.69) is 89.3 Å². The SMILES string of the molecule is CCn1c2ccccc2c2cc(/C=C/c3nc4ccccc4s3)ccc21. The largest absolute Gasteiger partial charge is 0.341 e. The van der Waals surface area contributed by atoms with Crippen molar-refractivity contribution in [2.75, 3.05) is 0 Å². The van der Waals surface area contributed by atoms with E-state index < -0.39 is 0 Å². The van der Waals surface area contributed by atoms with Gasteiger partial charge in [-0.3, -0.25) is 0 Å².